The molecule has 0 heterocycles. The molecule has 0 aliphatic carbocycles. The Bertz CT molecular complexity index is 289. The maximum Gasteiger partial charge on any atom is 0.321 e. The standard InChI is InChI=1S/C8H18N2O4S/c1-3-5-6-7(8(11)12)10-15(13,14)9-4-2/h7,9-10H,3-6H2,1-2H3,(H,11,12)/t7-/m0/s1. The smallest absolute Gasteiger partial charge is 0.321 e. The summed E-state index contributed by atoms with van der Waals surface area (Å²) in [6, 6.07) is -1.05. The third-order valence-corrected chi connectivity index (χ3v) is 3.04. The van der Waals surface area contributed by atoms with Gasteiger partial charge in [0.15, 0.2) is 0 Å². The summed E-state index contributed by atoms with van der Waals surface area (Å²) in [6.45, 7) is 3.77. The Morgan fingerprint density at radius 1 is 1.40 bits per heavy atom. The lowest BCUT2D eigenvalue weighted by Crippen LogP contribution is -2.46. The van der Waals surface area contributed by atoms with Crippen molar-refractivity contribution < 1.29 is 18.3 Å². The lowest BCUT2D eigenvalue weighted by molar-refractivity contribution is -0.139. The molecule has 3 N–H and O–H groups in total. The van der Waals surface area contributed by atoms with Gasteiger partial charge in [0.1, 0.15) is 6.04 Å². The van der Waals surface area contributed by atoms with Gasteiger partial charge in [-0.25, -0.2) is 4.72 Å². The molecule has 0 aromatic rings. The van der Waals surface area contributed by atoms with E-state index in [1.165, 1.54) is 0 Å². The van der Waals surface area contributed by atoms with Crippen LogP contribution in [0.3, 0.4) is 0 Å². The molecule has 1 atom stereocenters. The summed E-state index contributed by atoms with van der Waals surface area (Å²) < 4.78 is 26.7. The number of carboxylic acid groups (broad SMARTS) is 1. The largest absolute Gasteiger partial charge is 0.480 e. The molecule has 0 aliphatic rings. The average molecular weight is 238 g/mol. The zero-order valence-electron chi connectivity index (χ0n) is 8.99. The summed E-state index contributed by atoms with van der Waals surface area (Å²) in [4.78, 5) is 10.7. The minimum absolute atomic E-state index is 0.232. The molecule has 0 radical (unpaired) electrons. The highest BCUT2D eigenvalue weighted by Gasteiger charge is 2.22. The first-order valence-electron chi connectivity index (χ1n) is 4.92. The highest BCUT2D eigenvalue weighted by atomic mass is 32.2. The van der Waals surface area contributed by atoms with E-state index in [-0.39, 0.29) is 6.54 Å². The second-order valence-corrected chi connectivity index (χ2v) is 4.68. The third-order valence-electron chi connectivity index (χ3n) is 1.78. The van der Waals surface area contributed by atoms with E-state index < -0.39 is 22.2 Å². The molecular formula is C8H18N2O4S. The summed E-state index contributed by atoms with van der Waals surface area (Å²) >= 11 is 0. The van der Waals surface area contributed by atoms with E-state index >= 15 is 0 Å². The van der Waals surface area contributed by atoms with E-state index in [9.17, 15) is 13.2 Å². The van der Waals surface area contributed by atoms with Gasteiger partial charge in [-0.1, -0.05) is 26.7 Å². The SMILES string of the molecule is CCCC[C@H](NS(=O)(=O)NCC)C(=O)O. The number of aliphatic carboxylic acids is 1. The fourth-order valence-corrected chi connectivity index (χ4v) is 2.12. The summed E-state index contributed by atoms with van der Waals surface area (Å²) in [5.41, 5.74) is 0. The number of rotatable bonds is 8. The Hall–Kier alpha value is -0.660. The lowest BCUT2D eigenvalue weighted by Gasteiger charge is -2.14. The van der Waals surface area contributed by atoms with Gasteiger partial charge in [0.05, 0.1) is 0 Å². The van der Waals surface area contributed by atoms with Crippen molar-refractivity contribution in [2.45, 2.75) is 39.2 Å². The molecule has 0 bridgehead atoms. The molecule has 0 aliphatic heterocycles. The van der Waals surface area contributed by atoms with Gasteiger partial charge >= 0.3 is 5.97 Å². The Balaban J connectivity index is 4.34. The zero-order chi connectivity index (χ0) is 11.9. The van der Waals surface area contributed by atoms with Crippen molar-refractivity contribution in [3.63, 3.8) is 0 Å². The molecule has 0 aromatic carbocycles. The highest BCUT2D eigenvalue weighted by molar-refractivity contribution is 7.87. The average Bonchev–Trinajstić information content (AvgIpc) is 2.11. The van der Waals surface area contributed by atoms with Crippen molar-refractivity contribution in [1.29, 1.82) is 0 Å². The minimum atomic E-state index is -3.69. The Labute approximate surface area is 90.2 Å². The van der Waals surface area contributed by atoms with Crippen molar-refractivity contribution >= 4 is 16.2 Å². The quantitative estimate of drug-likeness (QED) is 0.557. The van der Waals surface area contributed by atoms with Gasteiger partial charge in [-0.2, -0.15) is 13.1 Å². The van der Waals surface area contributed by atoms with E-state index in [1.807, 2.05) is 6.92 Å². The van der Waals surface area contributed by atoms with Crippen LogP contribution in [0.4, 0.5) is 0 Å². The molecular weight excluding hydrogens is 220 g/mol. The number of carbonyl (C=O) groups is 1. The first-order chi connectivity index (χ1) is 6.93. The fraction of sp³-hybridized carbons (Fsp3) is 0.875. The van der Waals surface area contributed by atoms with Crippen LogP contribution in [0.1, 0.15) is 33.1 Å². The predicted octanol–water partition coefficient (Wildman–Crippen LogP) is 0.0737. The van der Waals surface area contributed by atoms with Crippen LogP contribution in [0.25, 0.3) is 0 Å². The van der Waals surface area contributed by atoms with Crippen LogP contribution in [0.15, 0.2) is 0 Å². The molecule has 0 saturated heterocycles. The molecule has 0 rings (SSSR count). The molecule has 15 heavy (non-hydrogen) atoms. The lowest BCUT2D eigenvalue weighted by atomic mass is 10.1. The van der Waals surface area contributed by atoms with Gasteiger partial charge in [0.25, 0.3) is 10.2 Å². The van der Waals surface area contributed by atoms with Crippen molar-refractivity contribution in [1.82, 2.24) is 9.44 Å². The maximum atomic E-state index is 11.2. The van der Waals surface area contributed by atoms with Crippen LogP contribution in [0, 0.1) is 0 Å². The predicted molar refractivity (Wildman–Crippen MR) is 56.7 cm³/mol. The van der Waals surface area contributed by atoms with Crippen molar-refractivity contribution in [3.8, 4) is 0 Å². The first kappa shape index (κ1) is 14.3. The van der Waals surface area contributed by atoms with Crippen molar-refractivity contribution in [3.05, 3.63) is 0 Å². The fourth-order valence-electron chi connectivity index (χ4n) is 1.06. The molecule has 0 saturated carbocycles. The van der Waals surface area contributed by atoms with Gasteiger partial charge in [-0.05, 0) is 6.42 Å². The number of nitrogens with one attached hydrogen (secondary N) is 2. The molecule has 0 fully saturated rings. The monoisotopic (exact) mass is 238 g/mol. The first-order valence-corrected chi connectivity index (χ1v) is 6.41. The van der Waals surface area contributed by atoms with E-state index in [2.05, 4.69) is 9.44 Å². The molecule has 0 spiro atoms. The molecule has 90 valence electrons. The Morgan fingerprint density at radius 3 is 2.40 bits per heavy atom. The number of carboxylic acids is 1. The van der Waals surface area contributed by atoms with E-state index in [1.54, 1.807) is 6.92 Å². The topological polar surface area (TPSA) is 95.5 Å². The van der Waals surface area contributed by atoms with Gasteiger partial charge < -0.3 is 5.11 Å². The summed E-state index contributed by atoms with van der Waals surface area (Å²) in [7, 11) is -3.69. The van der Waals surface area contributed by atoms with Crippen LogP contribution < -0.4 is 9.44 Å². The third kappa shape index (κ3) is 6.43. The van der Waals surface area contributed by atoms with Gasteiger partial charge in [0, 0.05) is 6.54 Å². The second kappa shape index (κ2) is 6.76. The van der Waals surface area contributed by atoms with Crippen LogP contribution in [0.5, 0.6) is 0 Å². The van der Waals surface area contributed by atoms with Gasteiger partial charge in [-0.15, -0.1) is 0 Å². The number of hydrogen-bond donors (Lipinski definition) is 3. The molecule has 0 aromatic heterocycles. The Morgan fingerprint density at radius 2 is 2.00 bits per heavy atom. The number of unbranched alkanes of at least 4 members (excludes halogenated alkanes) is 1. The molecule has 0 amide bonds. The van der Waals surface area contributed by atoms with Crippen LogP contribution in [-0.4, -0.2) is 32.1 Å². The summed E-state index contributed by atoms with van der Waals surface area (Å²) in [5.74, 6) is -1.15. The van der Waals surface area contributed by atoms with E-state index in [4.69, 9.17) is 5.11 Å². The molecule has 0 unspecified atom stereocenters. The Kier molecular flexibility index (Phi) is 6.46. The zero-order valence-corrected chi connectivity index (χ0v) is 9.80. The van der Waals surface area contributed by atoms with E-state index in [0.29, 0.717) is 12.8 Å². The molecule has 7 heteroatoms. The van der Waals surface area contributed by atoms with Crippen molar-refractivity contribution in [2.75, 3.05) is 6.54 Å². The highest BCUT2D eigenvalue weighted by Crippen LogP contribution is 2.01. The van der Waals surface area contributed by atoms with Crippen molar-refractivity contribution in [2.24, 2.45) is 0 Å². The minimum Gasteiger partial charge on any atom is -0.480 e. The maximum absolute atomic E-state index is 11.2. The van der Waals surface area contributed by atoms with Crippen LogP contribution in [-0.2, 0) is 15.0 Å². The van der Waals surface area contributed by atoms with E-state index in [0.717, 1.165) is 6.42 Å². The second-order valence-electron chi connectivity index (χ2n) is 3.15. The summed E-state index contributed by atoms with van der Waals surface area (Å²) in [6.07, 6.45) is 1.80. The number of hydrogen-bond acceptors (Lipinski definition) is 3. The van der Waals surface area contributed by atoms with Crippen LogP contribution in [0.2, 0.25) is 0 Å². The van der Waals surface area contributed by atoms with Gasteiger partial charge in [0.2, 0.25) is 0 Å². The van der Waals surface area contributed by atoms with Crippen LogP contribution >= 0.6 is 0 Å². The summed E-state index contributed by atoms with van der Waals surface area (Å²) in [5, 5.41) is 8.78. The molecule has 6 nitrogen and oxygen atoms in total. The van der Waals surface area contributed by atoms with Gasteiger partial charge in [-0.3, -0.25) is 4.79 Å². The normalized spacial score (nSPS) is 13.7.